The molecule has 0 aromatic carbocycles. The fourth-order valence-electron chi connectivity index (χ4n) is 1.97. The average molecular weight is 170 g/mol. The molecule has 1 heterocycles. The highest BCUT2D eigenvalue weighted by molar-refractivity contribution is 4.82. The predicted octanol–water partition coefficient (Wildman–Crippen LogP) is 3.24. The quantitative estimate of drug-likeness (QED) is 0.632. The van der Waals surface area contributed by atoms with Crippen LogP contribution < -0.4 is 0 Å². The van der Waals surface area contributed by atoms with Gasteiger partial charge in [-0.1, -0.05) is 27.2 Å². The molecular formula is C11H22O. The van der Waals surface area contributed by atoms with Crippen LogP contribution in [0.25, 0.3) is 0 Å². The molecule has 0 N–H and O–H groups in total. The summed E-state index contributed by atoms with van der Waals surface area (Å²) >= 11 is 0. The second-order valence-corrected chi connectivity index (χ2v) is 5.07. The van der Waals surface area contributed by atoms with E-state index < -0.39 is 0 Å². The predicted molar refractivity (Wildman–Crippen MR) is 52.2 cm³/mol. The summed E-state index contributed by atoms with van der Waals surface area (Å²) in [6, 6.07) is 0. The van der Waals surface area contributed by atoms with Crippen LogP contribution in [0.15, 0.2) is 0 Å². The van der Waals surface area contributed by atoms with Crippen LogP contribution in [0.4, 0.5) is 0 Å². The largest absolute Gasteiger partial charge is 0.378 e. The average Bonchev–Trinajstić information content (AvgIpc) is 2.29. The van der Waals surface area contributed by atoms with Gasteiger partial charge in [-0.2, -0.15) is 0 Å². The van der Waals surface area contributed by atoms with E-state index in [1.54, 1.807) is 0 Å². The number of rotatable bonds is 3. The van der Waals surface area contributed by atoms with E-state index in [1.165, 1.54) is 19.3 Å². The molecule has 1 aliphatic rings. The van der Waals surface area contributed by atoms with Crippen molar-refractivity contribution in [3.05, 3.63) is 0 Å². The van der Waals surface area contributed by atoms with E-state index in [2.05, 4.69) is 27.7 Å². The van der Waals surface area contributed by atoms with Gasteiger partial charge in [0.15, 0.2) is 0 Å². The molecule has 0 aromatic heterocycles. The van der Waals surface area contributed by atoms with Crippen LogP contribution in [0.2, 0.25) is 0 Å². The van der Waals surface area contributed by atoms with E-state index in [0.29, 0.717) is 11.5 Å². The Hall–Kier alpha value is -0.0400. The van der Waals surface area contributed by atoms with Crippen LogP contribution in [0.3, 0.4) is 0 Å². The molecule has 1 saturated heterocycles. The summed E-state index contributed by atoms with van der Waals surface area (Å²) in [6.07, 6.45) is 4.41. The van der Waals surface area contributed by atoms with E-state index in [1.807, 2.05) is 0 Å². The van der Waals surface area contributed by atoms with Crippen LogP contribution in [0.5, 0.6) is 0 Å². The monoisotopic (exact) mass is 170 g/mol. The van der Waals surface area contributed by atoms with E-state index in [-0.39, 0.29) is 0 Å². The normalized spacial score (nSPS) is 36.2. The molecule has 2 atom stereocenters. The van der Waals surface area contributed by atoms with Crippen molar-refractivity contribution >= 4 is 0 Å². The highest BCUT2D eigenvalue weighted by Crippen LogP contribution is 2.37. The zero-order chi connectivity index (χ0) is 9.19. The molecule has 0 aromatic rings. The molecule has 1 nitrogen and oxygen atoms in total. The molecule has 72 valence electrons. The lowest BCUT2D eigenvalue weighted by Crippen LogP contribution is -2.17. The highest BCUT2D eigenvalue weighted by Gasteiger charge is 2.33. The third-order valence-electron chi connectivity index (χ3n) is 2.82. The molecule has 0 saturated carbocycles. The molecule has 1 fully saturated rings. The van der Waals surface area contributed by atoms with Crippen molar-refractivity contribution in [2.24, 2.45) is 11.3 Å². The maximum atomic E-state index is 5.60. The van der Waals surface area contributed by atoms with Gasteiger partial charge < -0.3 is 4.74 Å². The molecule has 1 rings (SSSR count). The molecular weight excluding hydrogens is 148 g/mol. The lowest BCUT2D eigenvalue weighted by molar-refractivity contribution is 0.105. The third kappa shape index (κ3) is 2.78. The minimum absolute atomic E-state index is 0.476. The van der Waals surface area contributed by atoms with Crippen LogP contribution >= 0.6 is 0 Å². The van der Waals surface area contributed by atoms with Crippen molar-refractivity contribution in [3.63, 3.8) is 0 Å². The minimum atomic E-state index is 0.476. The first kappa shape index (κ1) is 10.0. The number of hydrogen-bond acceptors (Lipinski definition) is 1. The summed E-state index contributed by atoms with van der Waals surface area (Å²) < 4.78 is 5.60. The Morgan fingerprint density at radius 2 is 2.17 bits per heavy atom. The van der Waals surface area contributed by atoms with Gasteiger partial charge in [-0.05, 0) is 31.1 Å². The Kier molecular flexibility index (Phi) is 3.16. The Morgan fingerprint density at radius 3 is 2.58 bits per heavy atom. The summed E-state index contributed by atoms with van der Waals surface area (Å²) in [6.45, 7) is 10.1. The van der Waals surface area contributed by atoms with Gasteiger partial charge in [0.1, 0.15) is 0 Å². The smallest absolute Gasteiger partial charge is 0.0553 e. The lowest BCUT2D eigenvalue weighted by atomic mass is 9.81. The molecule has 1 aliphatic heterocycles. The zero-order valence-electron chi connectivity index (χ0n) is 8.89. The summed E-state index contributed by atoms with van der Waals surface area (Å²) in [5.41, 5.74) is 0.476. The first-order valence-electron chi connectivity index (χ1n) is 5.13. The maximum Gasteiger partial charge on any atom is 0.0553 e. The second kappa shape index (κ2) is 3.78. The fraction of sp³-hybridized carbons (Fsp3) is 1.00. The van der Waals surface area contributed by atoms with Crippen molar-refractivity contribution in [3.8, 4) is 0 Å². The second-order valence-electron chi connectivity index (χ2n) is 5.07. The van der Waals surface area contributed by atoms with Gasteiger partial charge in [-0.15, -0.1) is 0 Å². The van der Waals surface area contributed by atoms with Gasteiger partial charge >= 0.3 is 0 Å². The van der Waals surface area contributed by atoms with Crippen LogP contribution in [0, 0.1) is 11.3 Å². The lowest BCUT2D eigenvalue weighted by Gasteiger charge is -2.22. The van der Waals surface area contributed by atoms with Crippen molar-refractivity contribution in [1.29, 1.82) is 0 Å². The van der Waals surface area contributed by atoms with E-state index >= 15 is 0 Å². The molecule has 0 aliphatic carbocycles. The third-order valence-corrected chi connectivity index (χ3v) is 2.82. The minimum Gasteiger partial charge on any atom is -0.378 e. The maximum absolute atomic E-state index is 5.60. The van der Waals surface area contributed by atoms with Gasteiger partial charge in [0.25, 0.3) is 0 Å². The van der Waals surface area contributed by atoms with Gasteiger partial charge in [0.05, 0.1) is 12.7 Å². The van der Waals surface area contributed by atoms with Crippen LogP contribution in [-0.4, -0.2) is 12.7 Å². The number of ether oxygens (including phenoxy) is 1. The number of hydrogen-bond donors (Lipinski definition) is 0. The molecule has 0 amide bonds. The van der Waals surface area contributed by atoms with Crippen molar-refractivity contribution < 1.29 is 4.74 Å². The Balaban J connectivity index is 2.30. The van der Waals surface area contributed by atoms with Gasteiger partial charge in [-0.25, -0.2) is 0 Å². The van der Waals surface area contributed by atoms with Gasteiger partial charge in [-0.3, -0.25) is 0 Å². The standard InChI is InChI=1S/C11H22O/c1-9(2)5-6-11(4)7-10(3)12-8-11/h9-10H,5-8H2,1-4H3. The Bertz CT molecular complexity index is 142. The van der Waals surface area contributed by atoms with Crippen LogP contribution in [0.1, 0.15) is 47.0 Å². The summed E-state index contributed by atoms with van der Waals surface area (Å²) in [5.74, 6) is 0.831. The SMILES string of the molecule is CC(C)CCC1(C)COC(C)C1. The first-order chi connectivity index (χ1) is 5.52. The summed E-state index contributed by atoms with van der Waals surface area (Å²) in [4.78, 5) is 0. The molecule has 0 radical (unpaired) electrons. The van der Waals surface area contributed by atoms with E-state index in [9.17, 15) is 0 Å². The van der Waals surface area contributed by atoms with E-state index in [4.69, 9.17) is 4.74 Å². The molecule has 0 spiro atoms. The summed E-state index contributed by atoms with van der Waals surface area (Å²) in [5, 5.41) is 0. The molecule has 12 heavy (non-hydrogen) atoms. The Morgan fingerprint density at radius 1 is 1.50 bits per heavy atom. The highest BCUT2D eigenvalue weighted by atomic mass is 16.5. The van der Waals surface area contributed by atoms with Crippen LogP contribution in [-0.2, 0) is 4.74 Å². The molecule has 2 unspecified atom stereocenters. The Labute approximate surface area is 76.5 Å². The zero-order valence-corrected chi connectivity index (χ0v) is 8.89. The summed E-state index contributed by atoms with van der Waals surface area (Å²) in [7, 11) is 0. The first-order valence-corrected chi connectivity index (χ1v) is 5.13. The molecule has 0 bridgehead atoms. The molecule has 1 heteroatoms. The fourth-order valence-corrected chi connectivity index (χ4v) is 1.97. The van der Waals surface area contributed by atoms with Gasteiger partial charge in [0.2, 0.25) is 0 Å². The topological polar surface area (TPSA) is 9.23 Å². The van der Waals surface area contributed by atoms with E-state index in [0.717, 1.165) is 12.5 Å². The van der Waals surface area contributed by atoms with Crippen molar-refractivity contribution in [2.45, 2.75) is 53.1 Å². The van der Waals surface area contributed by atoms with Crippen molar-refractivity contribution in [2.75, 3.05) is 6.61 Å². The van der Waals surface area contributed by atoms with Gasteiger partial charge in [0, 0.05) is 0 Å². The van der Waals surface area contributed by atoms with Crippen molar-refractivity contribution in [1.82, 2.24) is 0 Å².